The molecule has 0 fully saturated rings. The maximum absolute atomic E-state index is 5.73. The Bertz CT molecular complexity index is 276. The molecule has 11 heavy (non-hydrogen) atoms. The normalized spacial score (nSPS) is 9.18. The minimum atomic E-state index is 0.158. The highest BCUT2D eigenvalue weighted by Crippen LogP contribution is 2.16. The summed E-state index contributed by atoms with van der Waals surface area (Å²) in [5.74, 6) is 0.488. The molecule has 58 valence electrons. The number of nitrogens with two attached hydrogens (primary N) is 1. The quantitative estimate of drug-likeness (QED) is 0.653. The number of hydrogen-bond donors (Lipinski definition) is 2. The van der Waals surface area contributed by atoms with Gasteiger partial charge >= 0.3 is 0 Å². The Hall–Kier alpha value is -0.870. The zero-order valence-electron chi connectivity index (χ0n) is 5.54. The monoisotopic (exact) mass is 187 g/mol. The number of anilines is 1. The number of nitrogens with one attached hydrogen (secondary N) is 1. The summed E-state index contributed by atoms with van der Waals surface area (Å²) in [5, 5.41) is 3.30. The molecule has 0 spiro atoms. The largest absolute Gasteiger partial charge is 0.376 e. The lowest BCUT2D eigenvalue weighted by atomic mass is 10.4. The van der Waals surface area contributed by atoms with Crippen molar-refractivity contribution in [3.05, 3.63) is 23.4 Å². The first kappa shape index (κ1) is 8.23. The van der Waals surface area contributed by atoms with E-state index in [9.17, 15) is 0 Å². The lowest BCUT2D eigenvalue weighted by Crippen LogP contribution is -2.19. The molecule has 0 aromatic carbocycles. The van der Waals surface area contributed by atoms with E-state index in [4.69, 9.17) is 17.3 Å². The topological polar surface area (TPSA) is 50.9 Å². The Kier molecular flexibility index (Phi) is 2.62. The molecule has 0 radical (unpaired) electrons. The fraction of sp³-hybridized carbons (Fsp3) is 0. The van der Waals surface area contributed by atoms with Gasteiger partial charge in [0, 0.05) is 6.20 Å². The number of halogens is 1. The fourth-order valence-corrected chi connectivity index (χ4v) is 0.860. The molecule has 0 saturated carbocycles. The Morgan fingerprint density at radius 2 is 2.45 bits per heavy atom. The van der Waals surface area contributed by atoms with Gasteiger partial charge in [0.05, 0.1) is 5.02 Å². The van der Waals surface area contributed by atoms with Gasteiger partial charge in [-0.3, -0.25) is 0 Å². The van der Waals surface area contributed by atoms with E-state index in [1.54, 1.807) is 18.3 Å². The second kappa shape index (κ2) is 3.50. The van der Waals surface area contributed by atoms with Crippen LogP contribution in [0.3, 0.4) is 0 Å². The van der Waals surface area contributed by atoms with Crippen LogP contribution in [0.2, 0.25) is 5.02 Å². The zero-order valence-corrected chi connectivity index (χ0v) is 7.12. The van der Waals surface area contributed by atoms with Gasteiger partial charge in [-0.25, -0.2) is 4.98 Å². The van der Waals surface area contributed by atoms with Crippen molar-refractivity contribution in [1.82, 2.24) is 4.98 Å². The molecular formula is C6H6ClN3S. The molecule has 0 unspecified atom stereocenters. The number of aromatic nitrogens is 1. The van der Waals surface area contributed by atoms with E-state index in [1.165, 1.54) is 0 Å². The molecule has 0 amide bonds. The Morgan fingerprint density at radius 3 is 3.00 bits per heavy atom. The van der Waals surface area contributed by atoms with Crippen LogP contribution in [-0.4, -0.2) is 10.1 Å². The number of rotatable bonds is 1. The third-order valence-electron chi connectivity index (χ3n) is 1.00. The SMILES string of the molecule is NC(=S)Nc1ncccc1Cl. The predicted molar refractivity (Wildman–Crippen MR) is 49.7 cm³/mol. The van der Waals surface area contributed by atoms with Crippen molar-refractivity contribution in [3.8, 4) is 0 Å². The first-order chi connectivity index (χ1) is 5.20. The molecule has 0 aliphatic rings. The second-order valence-corrected chi connectivity index (χ2v) is 2.67. The molecular weight excluding hydrogens is 182 g/mol. The zero-order chi connectivity index (χ0) is 8.27. The van der Waals surface area contributed by atoms with Crippen LogP contribution in [-0.2, 0) is 0 Å². The van der Waals surface area contributed by atoms with Gasteiger partial charge < -0.3 is 11.1 Å². The van der Waals surface area contributed by atoms with Crippen LogP contribution < -0.4 is 11.1 Å². The Labute approximate surface area is 74.6 Å². The van der Waals surface area contributed by atoms with E-state index >= 15 is 0 Å². The van der Waals surface area contributed by atoms with Gasteiger partial charge in [0.1, 0.15) is 0 Å². The van der Waals surface area contributed by atoms with Crippen molar-refractivity contribution in [2.45, 2.75) is 0 Å². The highest BCUT2D eigenvalue weighted by atomic mass is 35.5. The van der Waals surface area contributed by atoms with Crippen molar-refractivity contribution in [2.75, 3.05) is 5.32 Å². The third-order valence-corrected chi connectivity index (χ3v) is 1.41. The maximum Gasteiger partial charge on any atom is 0.169 e. The van der Waals surface area contributed by atoms with Crippen molar-refractivity contribution in [2.24, 2.45) is 5.73 Å². The number of thiocarbonyl (C=S) groups is 1. The molecule has 3 nitrogen and oxygen atoms in total. The highest BCUT2D eigenvalue weighted by molar-refractivity contribution is 7.80. The molecule has 0 aliphatic heterocycles. The summed E-state index contributed by atoms with van der Waals surface area (Å²) < 4.78 is 0. The molecule has 1 heterocycles. The highest BCUT2D eigenvalue weighted by Gasteiger charge is 1.98. The van der Waals surface area contributed by atoms with Gasteiger partial charge in [-0.1, -0.05) is 11.6 Å². The summed E-state index contributed by atoms with van der Waals surface area (Å²) >= 11 is 10.3. The lowest BCUT2D eigenvalue weighted by Gasteiger charge is -2.02. The second-order valence-electron chi connectivity index (χ2n) is 1.82. The van der Waals surface area contributed by atoms with E-state index in [1.807, 2.05) is 0 Å². The van der Waals surface area contributed by atoms with E-state index in [0.717, 1.165) is 0 Å². The Balaban J connectivity index is 2.86. The lowest BCUT2D eigenvalue weighted by molar-refractivity contribution is 1.32. The summed E-state index contributed by atoms with van der Waals surface area (Å²) in [4.78, 5) is 3.91. The molecule has 1 aromatic heterocycles. The summed E-state index contributed by atoms with van der Waals surface area (Å²) in [5.41, 5.74) is 5.22. The molecule has 0 saturated heterocycles. The van der Waals surface area contributed by atoms with Crippen molar-refractivity contribution in [3.63, 3.8) is 0 Å². The molecule has 0 bridgehead atoms. The van der Waals surface area contributed by atoms with Crippen LogP contribution in [0.4, 0.5) is 5.82 Å². The van der Waals surface area contributed by atoms with Gasteiger partial charge in [-0.05, 0) is 24.4 Å². The molecule has 1 rings (SSSR count). The van der Waals surface area contributed by atoms with Crippen LogP contribution in [0.1, 0.15) is 0 Å². The van der Waals surface area contributed by atoms with E-state index in [-0.39, 0.29) is 5.11 Å². The van der Waals surface area contributed by atoms with E-state index in [2.05, 4.69) is 22.5 Å². The molecule has 1 aromatic rings. The molecule has 5 heteroatoms. The van der Waals surface area contributed by atoms with Gasteiger partial charge in [0.25, 0.3) is 0 Å². The van der Waals surface area contributed by atoms with Gasteiger partial charge in [0.15, 0.2) is 10.9 Å². The van der Waals surface area contributed by atoms with Gasteiger partial charge in [0.2, 0.25) is 0 Å². The third kappa shape index (κ3) is 2.32. The van der Waals surface area contributed by atoms with Gasteiger partial charge in [-0.2, -0.15) is 0 Å². The number of nitrogens with zero attached hydrogens (tertiary/aromatic N) is 1. The van der Waals surface area contributed by atoms with Crippen molar-refractivity contribution in [1.29, 1.82) is 0 Å². The molecule has 0 aliphatic carbocycles. The number of hydrogen-bond acceptors (Lipinski definition) is 2. The average Bonchev–Trinajstić information content (AvgIpc) is 1.93. The van der Waals surface area contributed by atoms with Crippen LogP contribution in [0.25, 0.3) is 0 Å². The summed E-state index contributed by atoms with van der Waals surface area (Å²) in [6, 6.07) is 3.43. The summed E-state index contributed by atoms with van der Waals surface area (Å²) in [6.07, 6.45) is 1.60. The minimum absolute atomic E-state index is 0.158. The van der Waals surface area contributed by atoms with E-state index < -0.39 is 0 Å². The van der Waals surface area contributed by atoms with Crippen molar-refractivity contribution >= 4 is 34.7 Å². The van der Waals surface area contributed by atoms with Crippen molar-refractivity contribution < 1.29 is 0 Å². The summed E-state index contributed by atoms with van der Waals surface area (Å²) in [7, 11) is 0. The first-order valence-corrected chi connectivity index (χ1v) is 3.66. The average molecular weight is 188 g/mol. The molecule has 3 N–H and O–H groups in total. The fourth-order valence-electron chi connectivity index (χ4n) is 0.594. The smallest absolute Gasteiger partial charge is 0.169 e. The van der Waals surface area contributed by atoms with Crippen LogP contribution in [0, 0.1) is 0 Å². The van der Waals surface area contributed by atoms with Crippen LogP contribution in [0.5, 0.6) is 0 Å². The predicted octanol–water partition coefficient (Wildman–Crippen LogP) is 1.39. The number of pyridine rings is 1. The molecule has 0 atom stereocenters. The van der Waals surface area contributed by atoms with E-state index in [0.29, 0.717) is 10.8 Å². The first-order valence-electron chi connectivity index (χ1n) is 2.87. The minimum Gasteiger partial charge on any atom is -0.376 e. The van der Waals surface area contributed by atoms with Crippen LogP contribution in [0.15, 0.2) is 18.3 Å². The summed E-state index contributed by atoms with van der Waals surface area (Å²) in [6.45, 7) is 0. The Morgan fingerprint density at radius 1 is 1.73 bits per heavy atom. The standard InChI is InChI=1S/C6H6ClN3S/c7-4-2-1-3-9-5(4)10-6(8)11/h1-3H,(H3,8,9,10,11). The van der Waals surface area contributed by atoms with Gasteiger partial charge in [-0.15, -0.1) is 0 Å². The van der Waals surface area contributed by atoms with Crippen LogP contribution >= 0.6 is 23.8 Å². The maximum atomic E-state index is 5.73.